The Morgan fingerprint density at radius 3 is 2.13 bits per heavy atom. The first-order chi connectivity index (χ1) is 18.5. The number of azide groups is 1. The monoisotopic (exact) mass is 548 g/mol. The second-order valence-electron chi connectivity index (χ2n) is 8.08. The van der Waals surface area contributed by atoms with Gasteiger partial charge in [-0.2, -0.15) is 0 Å². The number of benzene rings is 1. The van der Waals surface area contributed by atoms with Gasteiger partial charge in [0.15, 0.2) is 18.3 Å². The van der Waals surface area contributed by atoms with Crippen molar-refractivity contribution in [3.05, 3.63) is 52.1 Å². The van der Waals surface area contributed by atoms with E-state index in [1.165, 1.54) is 38.3 Å². The molecule has 1 aliphatic heterocycles. The highest BCUT2D eigenvalue weighted by Gasteiger charge is 2.47. The molecule has 0 aromatic heterocycles. The van der Waals surface area contributed by atoms with Crippen molar-refractivity contribution in [1.29, 1.82) is 0 Å². The van der Waals surface area contributed by atoms with Crippen LogP contribution in [-0.4, -0.2) is 81.0 Å². The summed E-state index contributed by atoms with van der Waals surface area (Å²) in [5.41, 5.74) is 9.35. The van der Waals surface area contributed by atoms with Crippen LogP contribution in [0.2, 0.25) is 0 Å². The number of methoxy groups -OCH3 is 2. The molecule has 0 saturated carbocycles. The number of esters is 4. The number of nitrogens with one attached hydrogen (secondary N) is 1. The summed E-state index contributed by atoms with van der Waals surface area (Å²) in [6.45, 7) is 2.99. The van der Waals surface area contributed by atoms with Crippen LogP contribution >= 0.6 is 0 Å². The van der Waals surface area contributed by atoms with Crippen molar-refractivity contribution in [3.63, 3.8) is 0 Å². The standard InChI is InChI=1S/C24H28N4O11/c1-12(29)26-20-17(27-28-25)10-18(24(33)35-5)39-22(20)21(38-14(3)31)19(37-13(2)30)11-36-16-8-6-15(7-9-16)23(32)34-4/h6-10,17,19-22H,11H2,1-5H3,(H,26,29)/t17-,19+,20+,21+,22+/m0/s1. The number of hydrogen-bond donors (Lipinski definition) is 1. The molecule has 1 N–H and O–H groups in total. The lowest BCUT2D eigenvalue weighted by Gasteiger charge is -2.40. The Bertz CT molecular complexity index is 1160. The zero-order valence-electron chi connectivity index (χ0n) is 21.8. The highest BCUT2D eigenvalue weighted by Crippen LogP contribution is 2.28. The third kappa shape index (κ3) is 8.64. The summed E-state index contributed by atoms with van der Waals surface area (Å²) in [4.78, 5) is 62.9. The number of carbonyl (C=O) groups excluding carboxylic acids is 5. The maximum atomic E-state index is 12.3. The summed E-state index contributed by atoms with van der Waals surface area (Å²) in [5, 5.41) is 6.18. The van der Waals surface area contributed by atoms with E-state index in [-0.39, 0.29) is 17.1 Å². The van der Waals surface area contributed by atoms with Crippen molar-refractivity contribution in [2.45, 2.75) is 51.2 Å². The third-order valence-corrected chi connectivity index (χ3v) is 5.25. The Morgan fingerprint density at radius 2 is 1.62 bits per heavy atom. The summed E-state index contributed by atoms with van der Waals surface area (Å²) in [6, 6.07) is 3.46. The van der Waals surface area contributed by atoms with Gasteiger partial charge >= 0.3 is 23.9 Å². The van der Waals surface area contributed by atoms with E-state index < -0.39 is 66.8 Å². The van der Waals surface area contributed by atoms with Gasteiger partial charge in [-0.1, -0.05) is 5.11 Å². The van der Waals surface area contributed by atoms with Gasteiger partial charge in [0, 0.05) is 25.7 Å². The summed E-state index contributed by atoms with van der Waals surface area (Å²) in [6.07, 6.45) is -3.10. The van der Waals surface area contributed by atoms with Crippen LogP contribution in [0.1, 0.15) is 31.1 Å². The van der Waals surface area contributed by atoms with Crippen LogP contribution in [0, 0.1) is 0 Å². The summed E-state index contributed by atoms with van der Waals surface area (Å²) in [5.74, 6) is -3.78. The van der Waals surface area contributed by atoms with Crippen molar-refractivity contribution < 1.29 is 52.4 Å². The Labute approximate surface area is 222 Å². The molecule has 0 saturated heterocycles. The van der Waals surface area contributed by atoms with Gasteiger partial charge in [0.25, 0.3) is 0 Å². The molecule has 0 radical (unpaired) electrons. The fraction of sp³-hybridized carbons (Fsp3) is 0.458. The first-order valence-electron chi connectivity index (χ1n) is 11.4. The highest BCUT2D eigenvalue weighted by molar-refractivity contribution is 5.89. The molecule has 0 unspecified atom stereocenters. The molecular formula is C24H28N4O11. The minimum Gasteiger partial charge on any atom is -0.490 e. The van der Waals surface area contributed by atoms with Crippen molar-refractivity contribution >= 4 is 29.8 Å². The highest BCUT2D eigenvalue weighted by atomic mass is 16.6. The lowest BCUT2D eigenvalue weighted by molar-refractivity contribution is -0.183. The quantitative estimate of drug-likeness (QED) is 0.137. The molecular weight excluding hydrogens is 520 g/mol. The summed E-state index contributed by atoms with van der Waals surface area (Å²) < 4.78 is 31.7. The molecule has 2 rings (SSSR count). The van der Waals surface area contributed by atoms with Crippen LogP contribution in [0.15, 0.2) is 41.2 Å². The van der Waals surface area contributed by atoms with E-state index in [2.05, 4.69) is 20.1 Å². The number of rotatable bonds is 11. The van der Waals surface area contributed by atoms with Crippen LogP contribution in [-0.2, 0) is 42.9 Å². The summed E-state index contributed by atoms with van der Waals surface area (Å²) >= 11 is 0. The van der Waals surface area contributed by atoms with E-state index in [1.807, 2.05) is 0 Å². The largest absolute Gasteiger partial charge is 0.490 e. The van der Waals surface area contributed by atoms with Gasteiger partial charge in [0.05, 0.1) is 31.9 Å². The fourth-order valence-corrected chi connectivity index (χ4v) is 3.71. The van der Waals surface area contributed by atoms with E-state index >= 15 is 0 Å². The lowest BCUT2D eigenvalue weighted by Crippen LogP contribution is -2.61. The maximum absolute atomic E-state index is 12.3. The maximum Gasteiger partial charge on any atom is 0.372 e. The molecule has 210 valence electrons. The van der Waals surface area contributed by atoms with Gasteiger partial charge in [0.1, 0.15) is 12.4 Å². The normalized spacial score (nSPS) is 19.4. The molecule has 1 aliphatic rings. The smallest absolute Gasteiger partial charge is 0.372 e. The predicted octanol–water partition coefficient (Wildman–Crippen LogP) is 1.35. The molecule has 15 nitrogen and oxygen atoms in total. The fourth-order valence-electron chi connectivity index (χ4n) is 3.71. The van der Waals surface area contributed by atoms with E-state index in [1.54, 1.807) is 0 Å². The molecule has 1 aromatic carbocycles. The zero-order valence-corrected chi connectivity index (χ0v) is 21.8. The average Bonchev–Trinajstić information content (AvgIpc) is 2.89. The Balaban J connectivity index is 2.50. The first kappa shape index (κ1) is 30.4. The molecule has 0 fully saturated rings. The van der Waals surface area contributed by atoms with E-state index in [9.17, 15) is 24.0 Å². The van der Waals surface area contributed by atoms with Gasteiger partial charge in [-0.15, -0.1) is 0 Å². The van der Waals surface area contributed by atoms with Crippen LogP contribution in [0.3, 0.4) is 0 Å². The van der Waals surface area contributed by atoms with Gasteiger partial charge < -0.3 is 33.7 Å². The number of nitrogens with zero attached hydrogens (tertiary/aromatic N) is 3. The van der Waals surface area contributed by atoms with Gasteiger partial charge in [-0.25, -0.2) is 9.59 Å². The molecule has 1 aromatic rings. The number of amides is 1. The molecule has 5 atom stereocenters. The van der Waals surface area contributed by atoms with Crippen LogP contribution in [0.25, 0.3) is 10.4 Å². The van der Waals surface area contributed by atoms with E-state index in [0.717, 1.165) is 27.0 Å². The zero-order chi connectivity index (χ0) is 29.1. The van der Waals surface area contributed by atoms with Crippen molar-refractivity contribution in [2.24, 2.45) is 5.11 Å². The van der Waals surface area contributed by atoms with Crippen LogP contribution < -0.4 is 10.1 Å². The number of carbonyl (C=O) groups is 5. The second-order valence-corrected chi connectivity index (χ2v) is 8.08. The Hall–Kier alpha value is -4.78. The SMILES string of the molecule is COC(=O)C1=C[C@H](N=[N+]=[N-])[C@@H](NC(C)=O)[C@H]([C@H](OC(C)=O)[C@@H](COc2ccc(C(=O)OC)cc2)OC(C)=O)O1. The van der Waals surface area contributed by atoms with Gasteiger partial charge in [0.2, 0.25) is 11.7 Å². The average molecular weight is 549 g/mol. The molecule has 0 aliphatic carbocycles. The Morgan fingerprint density at radius 1 is 1.00 bits per heavy atom. The van der Waals surface area contributed by atoms with Gasteiger partial charge in [-0.05, 0) is 35.9 Å². The first-order valence-corrected chi connectivity index (χ1v) is 11.4. The Kier molecular flexibility index (Phi) is 11.1. The third-order valence-electron chi connectivity index (χ3n) is 5.25. The van der Waals surface area contributed by atoms with E-state index in [0.29, 0.717) is 0 Å². The van der Waals surface area contributed by atoms with Crippen LogP contribution in [0.5, 0.6) is 5.75 Å². The molecule has 0 spiro atoms. The number of hydrogen-bond acceptors (Lipinski definition) is 12. The van der Waals surface area contributed by atoms with Crippen molar-refractivity contribution in [1.82, 2.24) is 5.32 Å². The second kappa shape index (κ2) is 14.2. The molecule has 1 heterocycles. The summed E-state index contributed by atoms with van der Waals surface area (Å²) in [7, 11) is 2.33. The molecule has 1 amide bonds. The topological polar surface area (TPSA) is 202 Å². The van der Waals surface area contributed by atoms with Crippen LogP contribution in [0.4, 0.5) is 0 Å². The van der Waals surface area contributed by atoms with E-state index in [4.69, 9.17) is 29.2 Å². The van der Waals surface area contributed by atoms with Crippen molar-refractivity contribution in [2.75, 3.05) is 20.8 Å². The van der Waals surface area contributed by atoms with Gasteiger partial charge in [-0.3, -0.25) is 14.4 Å². The molecule has 39 heavy (non-hydrogen) atoms. The predicted molar refractivity (Wildman–Crippen MR) is 130 cm³/mol. The minimum atomic E-state index is -1.48. The minimum absolute atomic E-state index is 0.256. The molecule has 0 bridgehead atoms. The van der Waals surface area contributed by atoms with Crippen molar-refractivity contribution in [3.8, 4) is 5.75 Å². The number of ether oxygens (including phenoxy) is 6. The molecule has 15 heteroatoms. The lowest BCUT2D eigenvalue weighted by atomic mass is 9.92.